The zero-order valence-electron chi connectivity index (χ0n) is 11.3. The standard InChI is InChI=1S/C13H17BNO5/c1-15(8-12(17)18)9-13(19)20-14-11-4-2-10(3-5-11)6-7-16/h2-5,16H,6-9H2,1H3,(H,17,18). The van der Waals surface area contributed by atoms with Gasteiger partial charge in [0.05, 0.1) is 13.1 Å². The van der Waals surface area contributed by atoms with E-state index >= 15 is 0 Å². The molecule has 0 unspecified atom stereocenters. The Hall–Kier alpha value is -1.86. The molecule has 0 spiro atoms. The molecule has 107 valence electrons. The number of carboxylic acid groups (broad SMARTS) is 1. The Labute approximate surface area is 118 Å². The van der Waals surface area contributed by atoms with Crippen molar-refractivity contribution in [1.82, 2.24) is 4.90 Å². The van der Waals surface area contributed by atoms with E-state index in [0.717, 1.165) is 11.0 Å². The molecule has 2 N–H and O–H groups in total. The van der Waals surface area contributed by atoms with Crippen LogP contribution in [0.4, 0.5) is 0 Å². The van der Waals surface area contributed by atoms with Crippen LogP contribution in [0.2, 0.25) is 0 Å². The fourth-order valence-electron chi connectivity index (χ4n) is 1.57. The number of carboxylic acids is 1. The van der Waals surface area contributed by atoms with Crippen molar-refractivity contribution in [2.24, 2.45) is 0 Å². The molecule has 0 saturated heterocycles. The smallest absolute Gasteiger partial charge is 0.412 e. The fraction of sp³-hybridized carbons (Fsp3) is 0.385. The molecule has 0 aliphatic rings. The molecule has 0 aromatic heterocycles. The van der Waals surface area contributed by atoms with Gasteiger partial charge in [0.2, 0.25) is 0 Å². The molecule has 1 aromatic carbocycles. The van der Waals surface area contributed by atoms with E-state index in [2.05, 4.69) is 0 Å². The third-order valence-electron chi connectivity index (χ3n) is 2.51. The molecule has 0 aliphatic heterocycles. The van der Waals surface area contributed by atoms with Gasteiger partial charge in [0.25, 0.3) is 0 Å². The Balaban J connectivity index is 2.35. The lowest BCUT2D eigenvalue weighted by Gasteiger charge is -2.12. The van der Waals surface area contributed by atoms with E-state index in [1.165, 1.54) is 19.4 Å². The lowest BCUT2D eigenvalue weighted by atomic mass is 9.87. The third kappa shape index (κ3) is 6.35. The van der Waals surface area contributed by atoms with Crippen molar-refractivity contribution in [2.75, 3.05) is 26.7 Å². The van der Waals surface area contributed by atoms with Gasteiger partial charge in [-0.15, -0.1) is 0 Å². The highest BCUT2D eigenvalue weighted by Crippen LogP contribution is 1.97. The second kappa shape index (κ2) is 8.34. The summed E-state index contributed by atoms with van der Waals surface area (Å²) in [6, 6.07) is 7.23. The fourth-order valence-corrected chi connectivity index (χ4v) is 1.57. The first-order valence-electron chi connectivity index (χ1n) is 6.14. The van der Waals surface area contributed by atoms with E-state index in [1.807, 2.05) is 12.1 Å². The Morgan fingerprint density at radius 1 is 1.25 bits per heavy atom. The molecule has 7 heteroatoms. The molecule has 0 bridgehead atoms. The summed E-state index contributed by atoms with van der Waals surface area (Å²) in [5, 5.41) is 17.3. The van der Waals surface area contributed by atoms with Crippen LogP contribution in [0.3, 0.4) is 0 Å². The van der Waals surface area contributed by atoms with Crippen LogP contribution in [0.5, 0.6) is 0 Å². The summed E-state index contributed by atoms with van der Waals surface area (Å²) in [7, 11) is 2.85. The van der Waals surface area contributed by atoms with Crippen molar-refractivity contribution in [3.63, 3.8) is 0 Å². The maximum Gasteiger partial charge on any atom is 0.412 e. The van der Waals surface area contributed by atoms with Gasteiger partial charge >= 0.3 is 19.4 Å². The lowest BCUT2D eigenvalue weighted by molar-refractivity contribution is -0.139. The van der Waals surface area contributed by atoms with E-state index in [1.54, 1.807) is 12.1 Å². The number of nitrogens with zero attached hydrogens (tertiary/aromatic N) is 1. The largest absolute Gasteiger partial charge is 0.532 e. The Kier molecular flexibility index (Phi) is 6.76. The lowest BCUT2D eigenvalue weighted by Crippen LogP contribution is -2.33. The van der Waals surface area contributed by atoms with Gasteiger partial charge < -0.3 is 14.9 Å². The highest BCUT2D eigenvalue weighted by Gasteiger charge is 2.11. The molecule has 6 nitrogen and oxygen atoms in total. The normalized spacial score (nSPS) is 10.3. The Bertz CT molecular complexity index is 449. The van der Waals surface area contributed by atoms with Crippen molar-refractivity contribution >= 4 is 24.9 Å². The summed E-state index contributed by atoms with van der Waals surface area (Å²) < 4.78 is 4.93. The number of hydrogen-bond donors (Lipinski definition) is 2. The first-order valence-corrected chi connectivity index (χ1v) is 6.14. The monoisotopic (exact) mass is 278 g/mol. The van der Waals surface area contributed by atoms with Gasteiger partial charge in [0.15, 0.2) is 0 Å². The minimum absolute atomic E-state index is 0.0912. The van der Waals surface area contributed by atoms with Gasteiger partial charge in [-0.25, -0.2) is 0 Å². The molecule has 0 atom stereocenters. The minimum Gasteiger partial charge on any atom is -0.532 e. The third-order valence-corrected chi connectivity index (χ3v) is 2.51. The number of aliphatic hydroxyl groups excluding tert-OH is 1. The van der Waals surface area contributed by atoms with Crippen LogP contribution in [-0.2, 0) is 20.7 Å². The maximum absolute atomic E-state index is 11.5. The zero-order valence-corrected chi connectivity index (χ0v) is 11.3. The van der Waals surface area contributed by atoms with E-state index in [-0.39, 0.29) is 19.7 Å². The maximum atomic E-state index is 11.5. The number of aliphatic carboxylic acids is 1. The number of rotatable bonds is 8. The molecule has 0 amide bonds. The van der Waals surface area contributed by atoms with Crippen LogP contribution in [0.1, 0.15) is 5.56 Å². The number of hydrogen-bond acceptors (Lipinski definition) is 5. The average molecular weight is 278 g/mol. The summed E-state index contributed by atoms with van der Waals surface area (Å²) in [6.45, 7) is -0.218. The topological polar surface area (TPSA) is 87.1 Å². The molecular formula is C13H17BNO5. The summed E-state index contributed by atoms with van der Waals surface area (Å²) in [5.41, 5.74) is 1.72. The predicted octanol–water partition coefficient (Wildman–Crippen LogP) is -0.974. The average Bonchev–Trinajstić information content (AvgIpc) is 2.37. The SMILES string of the molecule is CN(CC(=O)O)CC(=O)O[B]c1ccc(CCO)cc1. The minimum atomic E-state index is -0.997. The van der Waals surface area contributed by atoms with Crippen molar-refractivity contribution in [2.45, 2.75) is 6.42 Å². The van der Waals surface area contributed by atoms with Crippen molar-refractivity contribution in [1.29, 1.82) is 0 Å². The number of benzene rings is 1. The van der Waals surface area contributed by atoms with E-state index < -0.39 is 11.9 Å². The quantitative estimate of drug-likeness (QED) is 0.595. The second-order valence-electron chi connectivity index (χ2n) is 4.39. The molecule has 1 aromatic rings. The molecule has 0 heterocycles. The number of carbonyl (C=O) groups excluding carboxylic acids is 1. The predicted molar refractivity (Wildman–Crippen MR) is 73.8 cm³/mol. The summed E-state index contributed by atoms with van der Waals surface area (Å²) in [4.78, 5) is 23.2. The van der Waals surface area contributed by atoms with E-state index in [4.69, 9.17) is 14.9 Å². The van der Waals surface area contributed by atoms with E-state index in [0.29, 0.717) is 6.42 Å². The van der Waals surface area contributed by atoms with Crippen LogP contribution in [-0.4, -0.2) is 61.3 Å². The Morgan fingerprint density at radius 3 is 2.45 bits per heavy atom. The summed E-state index contributed by atoms with van der Waals surface area (Å²) >= 11 is 0. The van der Waals surface area contributed by atoms with Crippen LogP contribution in [0, 0.1) is 0 Å². The summed E-state index contributed by atoms with van der Waals surface area (Å²) in [5.74, 6) is -1.52. The van der Waals surface area contributed by atoms with Crippen molar-refractivity contribution in [3.05, 3.63) is 29.8 Å². The molecule has 1 rings (SSSR count). The first-order chi connectivity index (χ1) is 9.51. The van der Waals surface area contributed by atoms with Crippen molar-refractivity contribution < 1.29 is 24.5 Å². The molecule has 1 radical (unpaired) electrons. The first kappa shape index (κ1) is 16.2. The van der Waals surface area contributed by atoms with Gasteiger partial charge in [-0.1, -0.05) is 24.3 Å². The molecular weight excluding hydrogens is 261 g/mol. The highest BCUT2D eigenvalue weighted by molar-refractivity contribution is 6.48. The van der Waals surface area contributed by atoms with E-state index in [9.17, 15) is 9.59 Å². The van der Waals surface area contributed by atoms with Gasteiger partial charge in [-0.3, -0.25) is 14.5 Å². The van der Waals surface area contributed by atoms with Crippen LogP contribution in [0.25, 0.3) is 0 Å². The van der Waals surface area contributed by atoms with Gasteiger partial charge in [0.1, 0.15) is 0 Å². The number of aliphatic hydroxyl groups is 1. The van der Waals surface area contributed by atoms with Gasteiger partial charge in [-0.05, 0) is 24.5 Å². The molecule has 0 fully saturated rings. The molecule has 0 aliphatic carbocycles. The van der Waals surface area contributed by atoms with Crippen molar-refractivity contribution in [3.8, 4) is 0 Å². The van der Waals surface area contributed by atoms with Crippen LogP contribution < -0.4 is 5.46 Å². The molecule has 20 heavy (non-hydrogen) atoms. The van der Waals surface area contributed by atoms with Gasteiger partial charge in [-0.2, -0.15) is 0 Å². The number of carbonyl (C=O) groups is 2. The number of likely N-dealkylation sites (N-methyl/N-ethyl adjacent to an activating group) is 1. The Morgan fingerprint density at radius 2 is 1.90 bits per heavy atom. The molecule has 0 saturated carbocycles. The second-order valence-corrected chi connectivity index (χ2v) is 4.39. The van der Waals surface area contributed by atoms with Crippen LogP contribution in [0.15, 0.2) is 24.3 Å². The van der Waals surface area contributed by atoms with Crippen LogP contribution >= 0.6 is 0 Å². The highest BCUT2D eigenvalue weighted by atomic mass is 16.5. The van der Waals surface area contributed by atoms with Gasteiger partial charge in [0, 0.05) is 6.61 Å². The summed E-state index contributed by atoms with van der Waals surface area (Å²) in [6.07, 6.45) is 0.583. The zero-order chi connectivity index (χ0) is 15.0.